The standard InChI is InChI=1S/C14H16N2O3/c17-16(18)13-12(11-7-3-1-4-8-11)15-19-14(13)9-5-2-6-10-14/h1,3-4,7-8,13H,2,5-6,9-10H2/t13-/m1/s1. The molecule has 1 fully saturated rings. The zero-order valence-corrected chi connectivity index (χ0v) is 10.6. The number of nitro groups is 1. The summed E-state index contributed by atoms with van der Waals surface area (Å²) in [5.74, 6) is 0. The van der Waals surface area contributed by atoms with Gasteiger partial charge in [-0.3, -0.25) is 10.1 Å². The maximum Gasteiger partial charge on any atom is 0.299 e. The molecule has 5 nitrogen and oxygen atoms in total. The van der Waals surface area contributed by atoms with Crippen LogP contribution in [0.4, 0.5) is 0 Å². The summed E-state index contributed by atoms with van der Waals surface area (Å²) in [7, 11) is 0. The summed E-state index contributed by atoms with van der Waals surface area (Å²) in [6.07, 6.45) is 4.51. The van der Waals surface area contributed by atoms with Crippen molar-refractivity contribution in [2.75, 3.05) is 0 Å². The third-order valence-corrected chi connectivity index (χ3v) is 4.06. The van der Waals surface area contributed by atoms with Gasteiger partial charge in [0.2, 0.25) is 5.60 Å². The lowest BCUT2D eigenvalue weighted by atomic mass is 9.77. The molecule has 0 radical (unpaired) electrons. The molecule has 19 heavy (non-hydrogen) atoms. The van der Waals surface area contributed by atoms with Crippen molar-refractivity contribution in [1.82, 2.24) is 0 Å². The quantitative estimate of drug-likeness (QED) is 0.606. The molecule has 2 aliphatic rings. The molecule has 1 aliphatic carbocycles. The van der Waals surface area contributed by atoms with Crippen molar-refractivity contribution < 1.29 is 9.76 Å². The Bertz CT molecular complexity index is 507. The highest BCUT2D eigenvalue weighted by atomic mass is 16.7. The van der Waals surface area contributed by atoms with E-state index in [9.17, 15) is 10.1 Å². The third kappa shape index (κ3) is 1.99. The minimum atomic E-state index is -0.838. The molecule has 1 aromatic rings. The van der Waals surface area contributed by atoms with E-state index in [0.29, 0.717) is 5.71 Å². The Kier molecular flexibility index (Phi) is 2.97. The summed E-state index contributed by atoms with van der Waals surface area (Å²) in [5, 5.41) is 15.6. The van der Waals surface area contributed by atoms with Crippen molar-refractivity contribution in [3.8, 4) is 0 Å². The molecule has 5 heteroatoms. The maximum absolute atomic E-state index is 11.5. The summed E-state index contributed by atoms with van der Waals surface area (Å²) in [6, 6.07) is 8.47. The van der Waals surface area contributed by atoms with E-state index >= 15 is 0 Å². The van der Waals surface area contributed by atoms with Crippen LogP contribution in [0.2, 0.25) is 0 Å². The van der Waals surface area contributed by atoms with Gasteiger partial charge in [-0.1, -0.05) is 41.9 Å². The molecular weight excluding hydrogens is 244 g/mol. The van der Waals surface area contributed by atoms with Gasteiger partial charge in [-0.05, 0) is 25.7 Å². The van der Waals surface area contributed by atoms with Gasteiger partial charge < -0.3 is 4.84 Å². The maximum atomic E-state index is 11.5. The van der Waals surface area contributed by atoms with Gasteiger partial charge in [-0.25, -0.2) is 0 Å². The second-order valence-electron chi connectivity index (χ2n) is 5.25. The molecule has 1 atom stereocenters. The van der Waals surface area contributed by atoms with Crippen molar-refractivity contribution in [2.45, 2.75) is 43.7 Å². The van der Waals surface area contributed by atoms with E-state index in [1.807, 2.05) is 30.3 Å². The van der Waals surface area contributed by atoms with E-state index in [2.05, 4.69) is 5.16 Å². The van der Waals surface area contributed by atoms with Crippen LogP contribution < -0.4 is 0 Å². The number of oxime groups is 1. The summed E-state index contributed by atoms with van der Waals surface area (Å²) in [5.41, 5.74) is 0.534. The second-order valence-corrected chi connectivity index (χ2v) is 5.25. The van der Waals surface area contributed by atoms with Crippen LogP contribution in [-0.2, 0) is 4.84 Å². The lowest BCUT2D eigenvalue weighted by Gasteiger charge is -2.31. The first-order chi connectivity index (χ1) is 9.23. The van der Waals surface area contributed by atoms with Gasteiger partial charge >= 0.3 is 0 Å². The highest BCUT2D eigenvalue weighted by Gasteiger charge is 2.57. The fourth-order valence-electron chi connectivity index (χ4n) is 3.12. The zero-order valence-electron chi connectivity index (χ0n) is 10.6. The molecule has 3 rings (SSSR count). The fourth-order valence-corrected chi connectivity index (χ4v) is 3.12. The first-order valence-electron chi connectivity index (χ1n) is 6.68. The minimum Gasteiger partial charge on any atom is -0.381 e. The van der Waals surface area contributed by atoms with Crippen molar-refractivity contribution in [3.63, 3.8) is 0 Å². The lowest BCUT2D eigenvalue weighted by Crippen LogP contribution is -2.49. The molecule has 1 saturated carbocycles. The number of hydrogen-bond donors (Lipinski definition) is 0. The molecule has 0 aromatic heterocycles. The van der Waals surface area contributed by atoms with Crippen molar-refractivity contribution >= 4 is 5.71 Å². The van der Waals surface area contributed by atoms with Gasteiger partial charge in [-0.15, -0.1) is 0 Å². The minimum absolute atomic E-state index is 0.232. The fraction of sp³-hybridized carbons (Fsp3) is 0.500. The topological polar surface area (TPSA) is 64.7 Å². The van der Waals surface area contributed by atoms with E-state index in [1.165, 1.54) is 0 Å². The van der Waals surface area contributed by atoms with Crippen molar-refractivity contribution in [1.29, 1.82) is 0 Å². The SMILES string of the molecule is O=[N+]([O-])[C@@H]1C(c2ccccc2)=NOC12CCCCC2. The van der Waals surface area contributed by atoms with E-state index in [0.717, 1.165) is 37.7 Å². The molecule has 1 heterocycles. The number of rotatable bonds is 2. The van der Waals surface area contributed by atoms with Crippen LogP contribution in [0.5, 0.6) is 0 Å². The van der Waals surface area contributed by atoms with Crippen LogP contribution in [0.3, 0.4) is 0 Å². The van der Waals surface area contributed by atoms with Crippen molar-refractivity contribution in [3.05, 3.63) is 46.0 Å². The molecule has 100 valence electrons. The predicted octanol–water partition coefficient (Wildman–Crippen LogP) is 2.77. The smallest absolute Gasteiger partial charge is 0.299 e. The number of nitrogens with zero attached hydrogens (tertiary/aromatic N) is 2. The van der Waals surface area contributed by atoms with Crippen LogP contribution in [0.1, 0.15) is 37.7 Å². The molecular formula is C14H16N2O3. The highest BCUT2D eigenvalue weighted by Crippen LogP contribution is 2.40. The third-order valence-electron chi connectivity index (χ3n) is 4.06. The number of hydrogen-bond acceptors (Lipinski definition) is 4. The van der Waals surface area contributed by atoms with Gasteiger partial charge in [0.1, 0.15) is 0 Å². The van der Waals surface area contributed by atoms with E-state index in [1.54, 1.807) is 0 Å². The summed E-state index contributed by atoms with van der Waals surface area (Å²) < 4.78 is 0. The van der Waals surface area contributed by atoms with Gasteiger partial charge in [0, 0.05) is 10.5 Å². The normalized spacial score (nSPS) is 24.8. The molecule has 1 aliphatic heterocycles. The Hall–Kier alpha value is -1.91. The monoisotopic (exact) mass is 260 g/mol. The molecule has 0 saturated heterocycles. The zero-order chi connectivity index (χ0) is 13.3. The van der Waals surface area contributed by atoms with Crippen molar-refractivity contribution in [2.24, 2.45) is 5.16 Å². The Morgan fingerprint density at radius 3 is 2.53 bits per heavy atom. The van der Waals surface area contributed by atoms with Crippen LogP contribution in [0.15, 0.2) is 35.5 Å². The summed E-state index contributed by atoms with van der Waals surface area (Å²) >= 11 is 0. The van der Waals surface area contributed by atoms with Gasteiger partial charge in [-0.2, -0.15) is 0 Å². The molecule has 1 spiro atoms. The van der Waals surface area contributed by atoms with Crippen LogP contribution in [0.25, 0.3) is 0 Å². The first-order valence-corrected chi connectivity index (χ1v) is 6.68. The van der Waals surface area contributed by atoms with Gasteiger partial charge in [0.25, 0.3) is 6.04 Å². The Morgan fingerprint density at radius 2 is 1.89 bits per heavy atom. The van der Waals surface area contributed by atoms with E-state index < -0.39 is 11.6 Å². The van der Waals surface area contributed by atoms with Gasteiger partial charge in [0.15, 0.2) is 5.71 Å². The highest BCUT2D eigenvalue weighted by molar-refractivity contribution is 6.05. The lowest BCUT2D eigenvalue weighted by molar-refractivity contribution is -0.523. The van der Waals surface area contributed by atoms with Crippen LogP contribution >= 0.6 is 0 Å². The Labute approximate surface area is 111 Å². The first kappa shape index (κ1) is 12.1. The largest absolute Gasteiger partial charge is 0.381 e. The molecule has 0 N–H and O–H groups in total. The molecule has 0 unspecified atom stereocenters. The average molecular weight is 260 g/mol. The summed E-state index contributed by atoms with van der Waals surface area (Å²) in [6.45, 7) is 0. The average Bonchev–Trinajstić information content (AvgIpc) is 2.80. The van der Waals surface area contributed by atoms with Gasteiger partial charge in [0.05, 0.1) is 0 Å². The Morgan fingerprint density at radius 1 is 1.21 bits per heavy atom. The van der Waals surface area contributed by atoms with E-state index in [-0.39, 0.29) is 4.92 Å². The predicted molar refractivity (Wildman–Crippen MR) is 70.7 cm³/mol. The second kappa shape index (κ2) is 4.64. The Balaban J connectivity index is 1.96. The molecule has 0 amide bonds. The summed E-state index contributed by atoms with van der Waals surface area (Å²) in [4.78, 5) is 16.8. The number of benzene rings is 1. The van der Waals surface area contributed by atoms with Crippen LogP contribution in [0, 0.1) is 10.1 Å². The van der Waals surface area contributed by atoms with Crippen LogP contribution in [-0.4, -0.2) is 22.3 Å². The molecule has 0 bridgehead atoms. The van der Waals surface area contributed by atoms with E-state index in [4.69, 9.17) is 4.84 Å². The molecule has 1 aromatic carbocycles.